The van der Waals surface area contributed by atoms with Gasteiger partial charge in [0.05, 0.1) is 17.7 Å². The van der Waals surface area contributed by atoms with Crippen molar-refractivity contribution in [2.75, 3.05) is 38.6 Å². The van der Waals surface area contributed by atoms with Crippen molar-refractivity contribution in [3.8, 4) is 5.75 Å². The van der Waals surface area contributed by atoms with Gasteiger partial charge in [-0.1, -0.05) is 6.07 Å². The lowest BCUT2D eigenvalue weighted by Gasteiger charge is -2.29. The number of hydrogen-bond acceptors (Lipinski definition) is 5. The molecule has 0 radical (unpaired) electrons. The van der Waals surface area contributed by atoms with Crippen LogP contribution in [-0.2, 0) is 10.0 Å². The van der Waals surface area contributed by atoms with Crippen molar-refractivity contribution in [1.82, 2.24) is 10.2 Å². The summed E-state index contributed by atoms with van der Waals surface area (Å²) >= 11 is 0. The van der Waals surface area contributed by atoms with E-state index in [0.717, 1.165) is 31.5 Å². The number of likely N-dealkylation sites (tertiary alicyclic amines) is 1. The zero-order chi connectivity index (χ0) is 21.9. The Balaban J connectivity index is 1.82. The van der Waals surface area contributed by atoms with E-state index in [2.05, 4.69) is 17.3 Å². The number of carbonyl (C=O) groups is 1. The van der Waals surface area contributed by atoms with E-state index in [1.807, 2.05) is 6.92 Å². The van der Waals surface area contributed by atoms with Crippen LogP contribution < -0.4 is 14.4 Å². The monoisotopic (exact) mass is 431 g/mol. The maximum Gasteiger partial charge on any atom is 0.264 e. The van der Waals surface area contributed by atoms with Gasteiger partial charge in [0.15, 0.2) is 0 Å². The summed E-state index contributed by atoms with van der Waals surface area (Å²) in [7, 11) is 1.33. The molecule has 0 saturated carbocycles. The topological polar surface area (TPSA) is 79.0 Å². The minimum atomic E-state index is -3.77. The number of amides is 1. The molecule has 1 amide bonds. The maximum atomic E-state index is 13.1. The molecule has 1 heterocycles. The van der Waals surface area contributed by atoms with Crippen molar-refractivity contribution in [3.05, 3.63) is 53.6 Å². The Hall–Kier alpha value is -2.58. The molecule has 1 saturated heterocycles. The van der Waals surface area contributed by atoms with Crippen molar-refractivity contribution >= 4 is 21.6 Å². The molecule has 1 aliphatic rings. The number of ether oxygens (including phenoxy) is 1. The van der Waals surface area contributed by atoms with Gasteiger partial charge in [0, 0.05) is 18.7 Å². The Morgan fingerprint density at radius 2 is 1.77 bits per heavy atom. The maximum absolute atomic E-state index is 13.1. The lowest BCUT2D eigenvalue weighted by Crippen LogP contribution is -2.43. The molecule has 0 aliphatic carbocycles. The highest BCUT2D eigenvalue weighted by Gasteiger charge is 2.24. The third-order valence-electron chi connectivity index (χ3n) is 5.58. The Morgan fingerprint density at radius 3 is 2.37 bits per heavy atom. The lowest BCUT2D eigenvalue weighted by molar-refractivity contribution is 0.0917. The largest absolute Gasteiger partial charge is 0.497 e. The standard InChI is InChI=1S/C22H29N3O4S/c1-16-5-6-17(22(26)23-18-11-13-24(2)14-12-18)15-21(16)25(3)30(27,28)20-9-7-19(29-4)8-10-20/h5-10,15,18H,11-14H2,1-4H3,(H,23,26). The van der Waals surface area contributed by atoms with Crippen LogP contribution in [0.4, 0.5) is 5.69 Å². The van der Waals surface area contributed by atoms with Crippen molar-refractivity contribution in [1.29, 1.82) is 0 Å². The summed E-state index contributed by atoms with van der Waals surface area (Å²) in [6, 6.07) is 11.5. The van der Waals surface area contributed by atoms with Crippen molar-refractivity contribution in [2.24, 2.45) is 0 Å². The first-order chi connectivity index (χ1) is 14.2. The van der Waals surface area contributed by atoms with Crippen LogP contribution >= 0.6 is 0 Å². The second-order valence-corrected chi connectivity index (χ2v) is 9.67. The van der Waals surface area contributed by atoms with Crippen LogP contribution in [-0.4, -0.2) is 59.6 Å². The molecule has 0 spiro atoms. The summed E-state index contributed by atoms with van der Waals surface area (Å²) in [5.41, 5.74) is 1.69. The van der Waals surface area contributed by atoms with Gasteiger partial charge in [-0.2, -0.15) is 0 Å². The van der Waals surface area contributed by atoms with E-state index >= 15 is 0 Å². The predicted molar refractivity (Wildman–Crippen MR) is 118 cm³/mol. The molecule has 8 heteroatoms. The van der Waals surface area contributed by atoms with Crippen LogP contribution in [0.1, 0.15) is 28.8 Å². The minimum absolute atomic E-state index is 0.138. The van der Waals surface area contributed by atoms with Crippen LogP contribution in [0.5, 0.6) is 5.75 Å². The number of anilines is 1. The van der Waals surface area contributed by atoms with Gasteiger partial charge in [-0.3, -0.25) is 9.10 Å². The molecule has 162 valence electrons. The number of piperidine rings is 1. The van der Waals surface area contributed by atoms with E-state index in [0.29, 0.717) is 17.0 Å². The van der Waals surface area contributed by atoms with Gasteiger partial charge < -0.3 is 15.0 Å². The summed E-state index contributed by atoms with van der Waals surface area (Å²) in [5, 5.41) is 3.08. The fourth-order valence-electron chi connectivity index (χ4n) is 3.55. The fourth-order valence-corrected chi connectivity index (χ4v) is 4.80. The molecule has 1 aliphatic heterocycles. The number of methoxy groups -OCH3 is 1. The third-order valence-corrected chi connectivity index (χ3v) is 7.37. The molecule has 2 aromatic rings. The molecule has 0 atom stereocenters. The zero-order valence-corrected chi connectivity index (χ0v) is 18.7. The summed E-state index contributed by atoms with van der Waals surface area (Å²) in [6.45, 7) is 3.73. The van der Waals surface area contributed by atoms with Crippen molar-refractivity contribution < 1.29 is 17.9 Å². The van der Waals surface area contributed by atoms with Gasteiger partial charge >= 0.3 is 0 Å². The van der Waals surface area contributed by atoms with Gasteiger partial charge in [0.1, 0.15) is 5.75 Å². The highest BCUT2D eigenvalue weighted by Crippen LogP contribution is 2.27. The number of hydrogen-bond donors (Lipinski definition) is 1. The van der Waals surface area contributed by atoms with E-state index in [1.54, 1.807) is 30.3 Å². The number of benzene rings is 2. The van der Waals surface area contributed by atoms with Crippen molar-refractivity contribution in [2.45, 2.75) is 30.7 Å². The quantitative estimate of drug-likeness (QED) is 0.761. The Labute approximate surface area is 178 Å². The Kier molecular flexibility index (Phi) is 6.67. The highest BCUT2D eigenvalue weighted by molar-refractivity contribution is 7.92. The van der Waals surface area contributed by atoms with E-state index in [-0.39, 0.29) is 16.8 Å². The van der Waals surface area contributed by atoms with E-state index in [1.165, 1.54) is 30.6 Å². The van der Waals surface area contributed by atoms with Crippen LogP contribution in [0, 0.1) is 6.92 Å². The number of nitrogens with one attached hydrogen (secondary N) is 1. The van der Waals surface area contributed by atoms with E-state index in [4.69, 9.17) is 4.74 Å². The molecule has 2 aromatic carbocycles. The van der Waals surface area contributed by atoms with Crippen LogP contribution in [0.3, 0.4) is 0 Å². The van der Waals surface area contributed by atoms with Crippen LogP contribution in [0.2, 0.25) is 0 Å². The van der Waals surface area contributed by atoms with Gasteiger partial charge in [-0.05, 0) is 81.9 Å². The molecular weight excluding hydrogens is 402 g/mol. The number of sulfonamides is 1. The molecule has 0 aromatic heterocycles. The molecular formula is C22H29N3O4S. The fraction of sp³-hybridized carbons (Fsp3) is 0.409. The molecule has 0 unspecified atom stereocenters. The van der Waals surface area contributed by atoms with E-state index < -0.39 is 10.0 Å². The highest BCUT2D eigenvalue weighted by atomic mass is 32.2. The number of aryl methyl sites for hydroxylation is 1. The van der Waals surface area contributed by atoms with E-state index in [9.17, 15) is 13.2 Å². The van der Waals surface area contributed by atoms with Gasteiger partial charge in [-0.25, -0.2) is 8.42 Å². The summed E-state index contributed by atoms with van der Waals surface area (Å²) in [6.07, 6.45) is 1.82. The normalized spacial score (nSPS) is 15.6. The first-order valence-electron chi connectivity index (χ1n) is 9.95. The number of nitrogens with zero attached hydrogens (tertiary/aromatic N) is 2. The average molecular weight is 432 g/mol. The first kappa shape index (κ1) is 22.1. The minimum Gasteiger partial charge on any atom is -0.497 e. The number of carbonyl (C=O) groups excluding carboxylic acids is 1. The lowest BCUT2D eigenvalue weighted by atomic mass is 10.0. The second-order valence-electron chi connectivity index (χ2n) is 7.70. The molecule has 1 fully saturated rings. The molecule has 3 rings (SSSR count). The molecule has 1 N–H and O–H groups in total. The van der Waals surface area contributed by atoms with Gasteiger partial charge in [-0.15, -0.1) is 0 Å². The first-order valence-corrected chi connectivity index (χ1v) is 11.4. The average Bonchev–Trinajstić information content (AvgIpc) is 2.75. The third kappa shape index (κ3) is 4.76. The van der Waals surface area contributed by atoms with Crippen molar-refractivity contribution in [3.63, 3.8) is 0 Å². The predicted octanol–water partition coefficient (Wildman–Crippen LogP) is 2.65. The smallest absolute Gasteiger partial charge is 0.264 e. The zero-order valence-electron chi connectivity index (χ0n) is 17.9. The van der Waals surface area contributed by atoms with Gasteiger partial charge in [0.2, 0.25) is 0 Å². The second kappa shape index (κ2) is 9.06. The molecule has 0 bridgehead atoms. The Bertz CT molecular complexity index is 998. The Morgan fingerprint density at radius 1 is 1.13 bits per heavy atom. The summed E-state index contributed by atoms with van der Waals surface area (Å²) in [4.78, 5) is 15.2. The van der Waals surface area contributed by atoms with Crippen LogP contribution in [0.25, 0.3) is 0 Å². The SMILES string of the molecule is COc1ccc(S(=O)(=O)N(C)c2cc(C(=O)NC3CCN(C)CC3)ccc2C)cc1. The van der Waals surface area contributed by atoms with Gasteiger partial charge in [0.25, 0.3) is 15.9 Å². The summed E-state index contributed by atoms with van der Waals surface area (Å²) < 4.78 is 32.5. The molecule has 7 nitrogen and oxygen atoms in total. The van der Waals surface area contributed by atoms with Crippen LogP contribution in [0.15, 0.2) is 47.4 Å². The number of rotatable bonds is 6. The summed E-state index contributed by atoms with van der Waals surface area (Å²) in [5.74, 6) is 0.404. The molecule has 30 heavy (non-hydrogen) atoms.